The van der Waals surface area contributed by atoms with Crippen LogP contribution in [-0.2, 0) is 20.0 Å². The van der Waals surface area contributed by atoms with Gasteiger partial charge in [0.25, 0.3) is 0 Å². The van der Waals surface area contributed by atoms with Crippen LogP contribution in [0.1, 0.15) is 55.7 Å². The number of fused-ring (bicyclic) bond motifs is 1. The van der Waals surface area contributed by atoms with Crippen LogP contribution in [0.25, 0.3) is 10.9 Å². The molecule has 1 saturated heterocycles. The molecule has 0 radical (unpaired) electrons. The number of piperazine rings is 1. The van der Waals surface area contributed by atoms with Crippen molar-refractivity contribution in [3.05, 3.63) is 33.1 Å². The summed E-state index contributed by atoms with van der Waals surface area (Å²) in [5.41, 5.74) is 3.59. The van der Waals surface area contributed by atoms with Crippen molar-refractivity contribution in [3.8, 4) is 0 Å². The third-order valence-corrected chi connectivity index (χ3v) is 9.31. The van der Waals surface area contributed by atoms with Gasteiger partial charge in [0, 0.05) is 51.1 Å². The predicted molar refractivity (Wildman–Crippen MR) is 132 cm³/mol. The molecule has 2 heterocycles. The third-order valence-electron chi connectivity index (χ3n) is 7.03. The minimum Gasteiger partial charge on any atom is -0.477 e. The van der Waals surface area contributed by atoms with Crippen LogP contribution in [0, 0.1) is 11.6 Å². The first-order valence-electron chi connectivity index (χ1n) is 11.8. The van der Waals surface area contributed by atoms with Gasteiger partial charge in [0.1, 0.15) is 11.3 Å². The molecule has 0 spiro atoms. The molecule has 2 unspecified atom stereocenters. The van der Waals surface area contributed by atoms with Crippen molar-refractivity contribution in [2.24, 2.45) is 0 Å². The number of carboxylic acid groups (broad SMARTS) is 1. The van der Waals surface area contributed by atoms with Gasteiger partial charge in [-0.1, -0.05) is 6.92 Å². The number of aromatic nitrogens is 1. The Morgan fingerprint density at radius 1 is 1.14 bits per heavy atom. The molecule has 1 aromatic heterocycles. The van der Waals surface area contributed by atoms with Gasteiger partial charge in [-0.3, -0.25) is 13.8 Å². The lowest BCUT2D eigenvalue weighted by atomic mass is 10.0. The van der Waals surface area contributed by atoms with E-state index in [1.165, 1.54) is 23.7 Å². The van der Waals surface area contributed by atoms with Gasteiger partial charge in [0.05, 0.1) is 16.6 Å². The highest BCUT2D eigenvalue weighted by Gasteiger charge is 2.44. The molecular formula is C23H31F2N4O6P. The highest BCUT2D eigenvalue weighted by molar-refractivity contribution is 7.51. The monoisotopic (exact) mass is 528 g/mol. The smallest absolute Gasteiger partial charge is 0.408 e. The van der Waals surface area contributed by atoms with E-state index in [2.05, 4.69) is 0 Å². The highest BCUT2D eigenvalue weighted by Crippen LogP contribution is 2.54. The van der Waals surface area contributed by atoms with Crippen LogP contribution >= 0.6 is 7.75 Å². The SMILES string of the molecule is CCc1c(C(=O)O)c(=O)c2c(N)c(F)c(N3CC(C)N(P(=O)(OC)OC)C(C)C3)c(F)c2n1C1CC1. The van der Waals surface area contributed by atoms with E-state index in [1.807, 2.05) is 0 Å². The molecule has 36 heavy (non-hydrogen) atoms. The molecule has 198 valence electrons. The standard InChI is InChI=1S/C23H31F2N4O6P/c1-6-14-15(23(31)32)22(30)16-19(26)17(24)21(18(25)20(16)28(14)13-7-8-13)27-9-11(2)29(12(3)10-27)36(33,34-4)35-5/h11-13H,6-10,26H2,1-5H3,(H,31,32). The average Bonchev–Trinajstić information content (AvgIpc) is 3.66. The zero-order valence-corrected chi connectivity index (χ0v) is 21.8. The lowest BCUT2D eigenvalue weighted by Gasteiger charge is -2.46. The number of nitrogen functional groups attached to an aromatic ring is 1. The van der Waals surface area contributed by atoms with E-state index in [9.17, 15) is 19.3 Å². The normalized spacial score (nSPS) is 21.4. The zero-order chi connectivity index (χ0) is 26.7. The van der Waals surface area contributed by atoms with Gasteiger partial charge in [0.15, 0.2) is 11.6 Å². The fourth-order valence-electron chi connectivity index (χ4n) is 5.47. The Morgan fingerprint density at radius 3 is 2.14 bits per heavy atom. The van der Waals surface area contributed by atoms with Crippen LogP contribution in [0.3, 0.4) is 0 Å². The van der Waals surface area contributed by atoms with Gasteiger partial charge >= 0.3 is 13.7 Å². The summed E-state index contributed by atoms with van der Waals surface area (Å²) >= 11 is 0. The van der Waals surface area contributed by atoms with Gasteiger partial charge in [-0.15, -0.1) is 0 Å². The van der Waals surface area contributed by atoms with E-state index in [0.717, 1.165) is 0 Å². The van der Waals surface area contributed by atoms with Crippen molar-refractivity contribution in [1.29, 1.82) is 0 Å². The van der Waals surface area contributed by atoms with Gasteiger partial charge in [-0.05, 0) is 33.1 Å². The second-order valence-electron chi connectivity index (χ2n) is 9.34. The van der Waals surface area contributed by atoms with E-state index in [4.69, 9.17) is 14.8 Å². The molecule has 2 atom stereocenters. The van der Waals surface area contributed by atoms with Crippen molar-refractivity contribution in [2.75, 3.05) is 37.9 Å². The predicted octanol–water partition coefficient (Wildman–Crippen LogP) is 3.76. The first-order chi connectivity index (χ1) is 16.9. The number of hydrogen-bond acceptors (Lipinski definition) is 7. The molecule has 0 amide bonds. The number of pyridine rings is 1. The maximum Gasteiger partial charge on any atom is 0.408 e. The molecule has 2 fully saturated rings. The van der Waals surface area contributed by atoms with Crippen molar-refractivity contribution >= 4 is 36.0 Å². The summed E-state index contributed by atoms with van der Waals surface area (Å²) in [6.07, 6.45) is 1.52. The maximum absolute atomic E-state index is 16.3. The van der Waals surface area contributed by atoms with Crippen LogP contribution in [0.4, 0.5) is 20.2 Å². The van der Waals surface area contributed by atoms with E-state index >= 15 is 8.78 Å². The van der Waals surface area contributed by atoms with E-state index in [1.54, 1.807) is 25.4 Å². The lowest BCUT2D eigenvalue weighted by molar-refractivity contribution is 0.0693. The van der Waals surface area contributed by atoms with E-state index in [-0.39, 0.29) is 36.8 Å². The van der Waals surface area contributed by atoms with Crippen LogP contribution in [0.15, 0.2) is 4.79 Å². The average molecular weight is 528 g/mol. The molecule has 1 saturated carbocycles. The number of aromatic carboxylic acids is 1. The number of benzene rings is 1. The Kier molecular flexibility index (Phi) is 6.93. The number of anilines is 2. The molecule has 13 heteroatoms. The minimum atomic E-state index is -3.61. The van der Waals surface area contributed by atoms with Gasteiger partial charge < -0.3 is 20.3 Å². The molecular weight excluding hydrogens is 497 g/mol. The number of nitrogens with two attached hydrogens (primary N) is 1. The molecule has 0 bridgehead atoms. The maximum atomic E-state index is 16.3. The van der Waals surface area contributed by atoms with Crippen molar-refractivity contribution < 1.29 is 32.3 Å². The van der Waals surface area contributed by atoms with Gasteiger partial charge in [-0.25, -0.2) is 18.1 Å². The first-order valence-corrected chi connectivity index (χ1v) is 13.3. The topological polar surface area (TPSA) is 127 Å². The quantitative estimate of drug-likeness (QED) is 0.408. The van der Waals surface area contributed by atoms with Crippen LogP contribution in [0.5, 0.6) is 0 Å². The Bertz CT molecular complexity index is 1320. The fourth-order valence-corrected chi connectivity index (χ4v) is 7.11. The molecule has 3 N–H and O–H groups in total. The van der Waals surface area contributed by atoms with Crippen molar-refractivity contribution in [1.82, 2.24) is 9.24 Å². The summed E-state index contributed by atoms with van der Waals surface area (Å²) < 4.78 is 58.5. The summed E-state index contributed by atoms with van der Waals surface area (Å²) in [6.45, 7) is 5.30. The summed E-state index contributed by atoms with van der Waals surface area (Å²) in [5, 5.41) is 9.28. The first kappa shape index (κ1) is 26.5. The molecule has 1 aliphatic heterocycles. The Balaban J connectivity index is 1.96. The van der Waals surface area contributed by atoms with E-state index < -0.39 is 65.2 Å². The number of nitrogens with zero attached hydrogens (tertiary/aromatic N) is 3. The molecule has 1 aromatic carbocycles. The van der Waals surface area contributed by atoms with Crippen molar-refractivity contribution in [2.45, 2.75) is 58.2 Å². The highest BCUT2D eigenvalue weighted by atomic mass is 31.2. The Hall–Kier alpha value is -2.53. The van der Waals surface area contributed by atoms with Crippen molar-refractivity contribution in [3.63, 3.8) is 0 Å². The van der Waals surface area contributed by atoms with E-state index in [0.29, 0.717) is 12.8 Å². The second-order valence-corrected chi connectivity index (χ2v) is 11.5. The summed E-state index contributed by atoms with van der Waals surface area (Å²) in [5.74, 6) is -3.56. The number of carboxylic acids is 1. The molecule has 2 aromatic rings. The Labute approximate surface area is 207 Å². The number of rotatable bonds is 7. The number of halogens is 2. The molecule has 1 aliphatic carbocycles. The van der Waals surface area contributed by atoms with Crippen LogP contribution in [0.2, 0.25) is 0 Å². The summed E-state index contributed by atoms with van der Waals surface area (Å²) in [7, 11) is -1.07. The molecule has 2 aliphatic rings. The van der Waals surface area contributed by atoms with Crippen LogP contribution in [-0.4, -0.2) is 59.7 Å². The Morgan fingerprint density at radius 2 is 1.69 bits per heavy atom. The number of carbonyl (C=O) groups is 1. The number of hydrogen-bond donors (Lipinski definition) is 2. The van der Waals surface area contributed by atoms with Crippen LogP contribution < -0.4 is 16.1 Å². The van der Waals surface area contributed by atoms with Gasteiger partial charge in [-0.2, -0.15) is 4.67 Å². The fraction of sp³-hybridized carbons (Fsp3) is 0.565. The largest absolute Gasteiger partial charge is 0.477 e. The lowest BCUT2D eigenvalue weighted by Crippen LogP contribution is -2.55. The third kappa shape index (κ3) is 3.91. The van der Waals surface area contributed by atoms with Gasteiger partial charge in [0.2, 0.25) is 5.43 Å². The minimum absolute atomic E-state index is 0.0708. The molecule has 4 rings (SSSR count). The second kappa shape index (κ2) is 9.41. The molecule has 10 nitrogen and oxygen atoms in total. The summed E-state index contributed by atoms with van der Waals surface area (Å²) in [4.78, 5) is 26.6. The summed E-state index contributed by atoms with van der Waals surface area (Å²) in [6, 6.07) is -1.18. The zero-order valence-electron chi connectivity index (χ0n) is 20.9.